The van der Waals surface area contributed by atoms with Gasteiger partial charge >= 0.3 is 0 Å². The summed E-state index contributed by atoms with van der Waals surface area (Å²) >= 11 is 12.3. The van der Waals surface area contributed by atoms with E-state index in [2.05, 4.69) is 9.97 Å². The Balaban J connectivity index is 1.89. The Hall–Kier alpha value is -3.08. The number of nitrogens with one attached hydrogen (secondary N) is 1. The van der Waals surface area contributed by atoms with Crippen LogP contribution in [0.5, 0.6) is 0 Å². The molecule has 0 spiro atoms. The normalized spacial score (nSPS) is 12.9. The van der Waals surface area contributed by atoms with Gasteiger partial charge in [0.25, 0.3) is 6.47 Å². The van der Waals surface area contributed by atoms with Crippen LogP contribution in [0.3, 0.4) is 0 Å². The van der Waals surface area contributed by atoms with Crippen LogP contribution in [0.1, 0.15) is 28.8 Å². The van der Waals surface area contributed by atoms with Crippen LogP contribution in [0.4, 0.5) is 0 Å². The van der Waals surface area contributed by atoms with Crippen molar-refractivity contribution in [3.8, 4) is 11.3 Å². The second kappa shape index (κ2) is 9.16. The van der Waals surface area contributed by atoms with Gasteiger partial charge in [-0.15, -0.1) is 0 Å². The zero-order chi connectivity index (χ0) is 20.9. The second-order valence-electron chi connectivity index (χ2n) is 6.77. The average molecular weight is 437 g/mol. The molecule has 2 atom stereocenters. The van der Waals surface area contributed by atoms with Gasteiger partial charge in [-0.25, -0.2) is 4.98 Å². The number of rotatable bonds is 7. The molecule has 4 aromatic rings. The lowest BCUT2D eigenvalue weighted by molar-refractivity contribution is -0.134. The van der Waals surface area contributed by atoms with E-state index in [1.807, 2.05) is 66.7 Å². The Labute approximate surface area is 184 Å². The standard InChI is InChI=1S/C24H18Cl2N2O2/c25-19-11-9-17(10-12-19)24(30-15-29)21(16-5-2-1-3-6-16)23-22(27-14-28-23)18-7-4-8-20(26)13-18/h1-15,21,24H,(H,27,28). The van der Waals surface area contributed by atoms with Crippen molar-refractivity contribution in [1.82, 2.24) is 9.97 Å². The van der Waals surface area contributed by atoms with Crippen LogP contribution in [-0.4, -0.2) is 16.4 Å². The van der Waals surface area contributed by atoms with Crippen molar-refractivity contribution in [3.63, 3.8) is 0 Å². The van der Waals surface area contributed by atoms with E-state index in [0.29, 0.717) is 16.5 Å². The molecule has 1 heterocycles. The zero-order valence-corrected chi connectivity index (χ0v) is 17.3. The lowest BCUT2D eigenvalue weighted by Crippen LogP contribution is -2.17. The summed E-state index contributed by atoms with van der Waals surface area (Å²) in [7, 11) is 0. The van der Waals surface area contributed by atoms with Crippen LogP contribution in [0.15, 0.2) is 85.2 Å². The lowest BCUT2D eigenvalue weighted by Gasteiger charge is -2.27. The SMILES string of the molecule is O=COC(c1ccc(Cl)cc1)C(c1ccccc1)c1[nH]cnc1-c1cccc(Cl)c1. The molecule has 30 heavy (non-hydrogen) atoms. The van der Waals surface area contributed by atoms with E-state index in [4.69, 9.17) is 27.9 Å². The highest BCUT2D eigenvalue weighted by atomic mass is 35.5. The maximum atomic E-state index is 11.5. The molecule has 0 radical (unpaired) electrons. The highest BCUT2D eigenvalue weighted by molar-refractivity contribution is 6.31. The summed E-state index contributed by atoms with van der Waals surface area (Å²) in [6.07, 6.45) is 1.06. The van der Waals surface area contributed by atoms with E-state index in [-0.39, 0.29) is 5.92 Å². The molecule has 6 heteroatoms. The monoisotopic (exact) mass is 436 g/mol. The highest BCUT2D eigenvalue weighted by Gasteiger charge is 2.32. The number of H-pyrrole nitrogens is 1. The molecule has 0 saturated carbocycles. The molecule has 0 fully saturated rings. The summed E-state index contributed by atoms with van der Waals surface area (Å²) in [6, 6.07) is 24.7. The number of nitrogens with zero attached hydrogens (tertiary/aromatic N) is 1. The fraction of sp³-hybridized carbons (Fsp3) is 0.0833. The van der Waals surface area contributed by atoms with E-state index >= 15 is 0 Å². The Kier molecular flexibility index (Phi) is 6.17. The molecule has 0 aliphatic rings. The van der Waals surface area contributed by atoms with Crippen LogP contribution in [0.25, 0.3) is 11.3 Å². The first-order valence-corrected chi connectivity index (χ1v) is 10.1. The number of aromatic nitrogens is 2. The highest BCUT2D eigenvalue weighted by Crippen LogP contribution is 2.42. The molecule has 1 N–H and O–H groups in total. The molecular formula is C24H18Cl2N2O2. The first-order chi connectivity index (χ1) is 14.7. The summed E-state index contributed by atoms with van der Waals surface area (Å²) in [5.74, 6) is -0.325. The van der Waals surface area contributed by atoms with Gasteiger partial charge in [-0.05, 0) is 35.4 Å². The number of imidazole rings is 1. The second-order valence-corrected chi connectivity index (χ2v) is 7.64. The number of ether oxygens (including phenoxy) is 1. The summed E-state index contributed by atoms with van der Waals surface area (Å²) in [4.78, 5) is 19.3. The van der Waals surface area contributed by atoms with E-state index < -0.39 is 6.10 Å². The van der Waals surface area contributed by atoms with E-state index in [1.54, 1.807) is 18.5 Å². The van der Waals surface area contributed by atoms with E-state index in [1.165, 1.54) is 0 Å². The van der Waals surface area contributed by atoms with Crippen LogP contribution in [0, 0.1) is 0 Å². The van der Waals surface area contributed by atoms with Crippen molar-refractivity contribution >= 4 is 29.7 Å². The van der Waals surface area contributed by atoms with Crippen molar-refractivity contribution in [2.24, 2.45) is 0 Å². The third-order valence-corrected chi connectivity index (χ3v) is 5.43. The molecule has 4 rings (SSSR count). The Morgan fingerprint density at radius 2 is 1.63 bits per heavy atom. The van der Waals surface area contributed by atoms with Crippen molar-refractivity contribution in [2.45, 2.75) is 12.0 Å². The van der Waals surface area contributed by atoms with Crippen LogP contribution in [-0.2, 0) is 9.53 Å². The molecule has 0 aliphatic heterocycles. The van der Waals surface area contributed by atoms with Gasteiger partial charge in [-0.2, -0.15) is 0 Å². The largest absolute Gasteiger partial charge is 0.459 e. The van der Waals surface area contributed by atoms with Gasteiger partial charge in [0.1, 0.15) is 6.10 Å². The predicted octanol–water partition coefficient (Wildman–Crippen LogP) is 6.43. The molecule has 1 aromatic heterocycles. The van der Waals surface area contributed by atoms with Gasteiger partial charge in [-0.3, -0.25) is 4.79 Å². The van der Waals surface area contributed by atoms with Gasteiger partial charge in [0.05, 0.1) is 23.6 Å². The molecule has 2 unspecified atom stereocenters. The van der Waals surface area contributed by atoms with Crippen molar-refractivity contribution in [1.29, 1.82) is 0 Å². The van der Waals surface area contributed by atoms with Gasteiger partial charge < -0.3 is 9.72 Å². The number of benzene rings is 3. The Morgan fingerprint density at radius 3 is 2.33 bits per heavy atom. The topological polar surface area (TPSA) is 55.0 Å². The van der Waals surface area contributed by atoms with Crippen LogP contribution in [0.2, 0.25) is 10.0 Å². The first kappa shape index (κ1) is 20.2. The third kappa shape index (κ3) is 4.25. The van der Waals surface area contributed by atoms with Crippen molar-refractivity contribution < 1.29 is 9.53 Å². The Bertz CT molecular complexity index is 1130. The fourth-order valence-corrected chi connectivity index (χ4v) is 3.94. The maximum absolute atomic E-state index is 11.5. The van der Waals surface area contributed by atoms with Gasteiger partial charge in [0.15, 0.2) is 0 Å². The van der Waals surface area contributed by atoms with E-state index in [0.717, 1.165) is 28.1 Å². The van der Waals surface area contributed by atoms with Crippen molar-refractivity contribution in [3.05, 3.63) is 112 Å². The number of halogens is 2. The maximum Gasteiger partial charge on any atom is 0.293 e. The third-order valence-electron chi connectivity index (χ3n) is 4.94. The molecule has 0 amide bonds. The fourth-order valence-electron chi connectivity index (χ4n) is 3.62. The molecule has 4 nitrogen and oxygen atoms in total. The summed E-state index contributed by atoms with van der Waals surface area (Å²) in [5, 5.41) is 1.23. The number of carbonyl (C=O) groups excluding carboxylic acids is 1. The molecule has 0 bridgehead atoms. The number of aromatic amines is 1. The number of hydrogen-bond acceptors (Lipinski definition) is 3. The Morgan fingerprint density at radius 1 is 0.867 bits per heavy atom. The summed E-state index contributed by atoms with van der Waals surface area (Å²) in [6.45, 7) is 0.477. The van der Waals surface area contributed by atoms with E-state index in [9.17, 15) is 4.79 Å². The quantitative estimate of drug-likeness (QED) is 0.339. The minimum atomic E-state index is -0.583. The van der Waals surface area contributed by atoms with Gasteiger partial charge in [0.2, 0.25) is 0 Å². The molecule has 0 aliphatic carbocycles. The summed E-state index contributed by atoms with van der Waals surface area (Å²) in [5.41, 5.74) is 4.25. The van der Waals surface area contributed by atoms with Crippen molar-refractivity contribution in [2.75, 3.05) is 0 Å². The predicted molar refractivity (Wildman–Crippen MR) is 119 cm³/mol. The molecule has 0 saturated heterocycles. The molecular weight excluding hydrogens is 419 g/mol. The smallest absolute Gasteiger partial charge is 0.293 e. The van der Waals surface area contributed by atoms with Crippen LogP contribution < -0.4 is 0 Å². The first-order valence-electron chi connectivity index (χ1n) is 9.36. The minimum absolute atomic E-state index is 0.325. The lowest BCUT2D eigenvalue weighted by atomic mass is 9.84. The van der Waals surface area contributed by atoms with Gasteiger partial charge in [0, 0.05) is 15.6 Å². The molecule has 150 valence electrons. The van der Waals surface area contributed by atoms with Crippen LogP contribution >= 0.6 is 23.2 Å². The number of hydrogen-bond donors (Lipinski definition) is 1. The average Bonchev–Trinajstić information content (AvgIpc) is 3.24. The minimum Gasteiger partial charge on any atom is -0.459 e. The number of carbonyl (C=O) groups is 1. The molecule has 3 aromatic carbocycles. The summed E-state index contributed by atoms with van der Waals surface area (Å²) < 4.78 is 5.63. The zero-order valence-electron chi connectivity index (χ0n) is 15.8. The van der Waals surface area contributed by atoms with Gasteiger partial charge in [-0.1, -0.05) is 77.8 Å².